The van der Waals surface area contributed by atoms with E-state index in [2.05, 4.69) is 25.2 Å². The molecule has 0 aromatic heterocycles. The van der Waals surface area contributed by atoms with Crippen LogP contribution >= 0.6 is 19.5 Å². The number of allylic oxidation sites excluding steroid dienone is 1. The molecule has 3 N–H and O–H groups in total. The summed E-state index contributed by atoms with van der Waals surface area (Å²) in [7, 11) is -2.84. The molecular weight excluding hydrogens is 597 g/mol. The van der Waals surface area contributed by atoms with Gasteiger partial charge >= 0.3 is 19.7 Å². The van der Waals surface area contributed by atoms with Gasteiger partial charge in [-0.25, -0.2) is 14.4 Å². The van der Waals surface area contributed by atoms with Gasteiger partial charge in [0.1, 0.15) is 11.8 Å². The first-order chi connectivity index (χ1) is 19.6. The summed E-state index contributed by atoms with van der Waals surface area (Å²) in [4.78, 5) is 83.2. The van der Waals surface area contributed by atoms with Gasteiger partial charge in [-0.05, 0) is 19.9 Å². The molecule has 2 amide bonds. The molecule has 1 aliphatic rings. The summed E-state index contributed by atoms with van der Waals surface area (Å²) < 4.78 is 32.9. The second-order valence-corrected chi connectivity index (χ2v) is 12.5. The third kappa shape index (κ3) is 13.8. The topological polar surface area (TPSA) is 210 Å². The third-order valence-corrected chi connectivity index (χ3v) is 7.98. The van der Waals surface area contributed by atoms with Gasteiger partial charge in [0.25, 0.3) is 0 Å². The van der Waals surface area contributed by atoms with Crippen LogP contribution < -0.4 is 15.7 Å². The van der Waals surface area contributed by atoms with Gasteiger partial charge in [0.05, 0.1) is 33.2 Å². The highest BCUT2D eigenvalue weighted by Gasteiger charge is 2.48. The molecule has 1 saturated heterocycles. The highest BCUT2D eigenvalue weighted by atomic mass is 32.2. The lowest BCUT2D eigenvalue weighted by atomic mass is 9.87. The summed E-state index contributed by atoms with van der Waals surface area (Å²) >= 11 is 0.816. The standard InChI is InChI=1S/C25H38N3O12PS/c1-6-38-20(32)8-7-17(29)13-18(30)14-21(33)42-12-11-26-19(31)9-10-27-23(34)22-25(3,4)15-39-41(36,40-22)28-16(2)24(35)37-5/h7-8,16,22H,6,9-15H2,1-5H3,(H,26,31)(H,27,34)(H,28,36)/b8-7+/t16-,22-,41?/m0/s1. The van der Waals surface area contributed by atoms with Crippen LogP contribution in [0.2, 0.25) is 0 Å². The molecule has 3 atom stereocenters. The maximum absolute atomic E-state index is 12.9. The summed E-state index contributed by atoms with van der Waals surface area (Å²) in [6, 6.07) is -1.01. The van der Waals surface area contributed by atoms with Crippen molar-refractivity contribution in [2.24, 2.45) is 5.41 Å². The van der Waals surface area contributed by atoms with E-state index in [-0.39, 0.29) is 38.5 Å². The number of rotatable bonds is 17. The maximum Gasteiger partial charge on any atom is 0.407 e. The molecule has 0 saturated carbocycles. The molecule has 42 heavy (non-hydrogen) atoms. The Labute approximate surface area is 248 Å². The molecule has 15 nitrogen and oxygen atoms in total. The normalized spacial score (nSPS) is 20.3. The van der Waals surface area contributed by atoms with E-state index in [9.17, 15) is 38.1 Å². The lowest BCUT2D eigenvalue weighted by Crippen LogP contribution is -2.51. The van der Waals surface area contributed by atoms with Crippen LogP contribution in [0.3, 0.4) is 0 Å². The Morgan fingerprint density at radius 1 is 1.07 bits per heavy atom. The predicted octanol–water partition coefficient (Wildman–Crippen LogP) is 0.607. The van der Waals surface area contributed by atoms with Gasteiger partial charge in [-0.15, -0.1) is 0 Å². The number of thioether (sulfide) groups is 1. The molecular formula is C25H38N3O12PS. The molecule has 17 heteroatoms. The third-order valence-electron chi connectivity index (χ3n) is 5.45. The summed E-state index contributed by atoms with van der Waals surface area (Å²) in [5, 5.41) is 7.08. The summed E-state index contributed by atoms with van der Waals surface area (Å²) in [5.41, 5.74) is -0.867. The van der Waals surface area contributed by atoms with Crippen molar-refractivity contribution in [1.29, 1.82) is 0 Å². The highest BCUT2D eigenvalue weighted by Crippen LogP contribution is 2.53. The van der Waals surface area contributed by atoms with Gasteiger partial charge < -0.3 is 20.1 Å². The zero-order valence-electron chi connectivity index (χ0n) is 24.2. The Kier molecular flexibility index (Phi) is 15.8. The van der Waals surface area contributed by atoms with Crippen LogP contribution in [0.4, 0.5) is 0 Å². The van der Waals surface area contributed by atoms with E-state index in [1.54, 1.807) is 20.8 Å². The molecule has 0 radical (unpaired) electrons. The van der Waals surface area contributed by atoms with Crippen molar-refractivity contribution in [2.45, 2.75) is 59.1 Å². The smallest absolute Gasteiger partial charge is 0.407 e. The minimum absolute atomic E-state index is 0.0586. The van der Waals surface area contributed by atoms with E-state index in [0.29, 0.717) is 0 Å². The molecule has 236 valence electrons. The number of carbonyl (C=O) groups is 7. The minimum atomic E-state index is -4.01. The van der Waals surface area contributed by atoms with Crippen LogP contribution in [0.5, 0.6) is 0 Å². The van der Waals surface area contributed by atoms with Gasteiger partial charge in [0, 0.05) is 36.8 Å². The zero-order valence-corrected chi connectivity index (χ0v) is 25.9. The van der Waals surface area contributed by atoms with Crippen LogP contribution in [0.1, 0.15) is 47.0 Å². The van der Waals surface area contributed by atoms with Gasteiger partial charge in [0.15, 0.2) is 17.0 Å². The zero-order chi connectivity index (χ0) is 31.9. The van der Waals surface area contributed by atoms with Crippen molar-refractivity contribution in [1.82, 2.24) is 15.7 Å². The van der Waals surface area contributed by atoms with Crippen LogP contribution in [-0.2, 0) is 56.6 Å². The highest BCUT2D eigenvalue weighted by molar-refractivity contribution is 8.13. The van der Waals surface area contributed by atoms with E-state index in [1.807, 2.05) is 0 Å². The fraction of sp³-hybridized carbons (Fsp3) is 0.640. The first kappa shape index (κ1) is 37.1. The summed E-state index contributed by atoms with van der Waals surface area (Å²) in [6.07, 6.45) is -0.461. The number of carbonyl (C=O) groups excluding carboxylic acids is 7. The number of hydrogen-bond acceptors (Lipinski definition) is 13. The second-order valence-electron chi connectivity index (χ2n) is 9.67. The van der Waals surface area contributed by atoms with Crippen molar-refractivity contribution in [3.63, 3.8) is 0 Å². The SMILES string of the molecule is CCOC(=O)/C=C/C(=O)CC(=O)CC(=O)SCCNC(=O)CCNC(=O)[C@@H]1OP(=O)(N[C@@H](C)C(=O)OC)OCC1(C)C. The van der Waals surface area contributed by atoms with Gasteiger partial charge in [0.2, 0.25) is 11.8 Å². The molecule has 0 aliphatic carbocycles. The average Bonchev–Trinajstić information content (AvgIpc) is 2.91. The van der Waals surface area contributed by atoms with E-state index in [4.69, 9.17) is 9.05 Å². The van der Waals surface area contributed by atoms with Gasteiger partial charge in [-0.3, -0.25) is 37.8 Å². The Bertz CT molecular complexity index is 1110. The number of ketones is 2. The van der Waals surface area contributed by atoms with E-state index < -0.39 is 78.6 Å². The Morgan fingerprint density at radius 3 is 2.40 bits per heavy atom. The molecule has 1 unspecified atom stereocenters. The van der Waals surface area contributed by atoms with Crippen LogP contribution in [0.15, 0.2) is 12.2 Å². The van der Waals surface area contributed by atoms with E-state index >= 15 is 0 Å². The maximum atomic E-state index is 12.9. The van der Waals surface area contributed by atoms with Crippen molar-refractivity contribution in [3.8, 4) is 0 Å². The number of amides is 2. The largest absolute Gasteiger partial charge is 0.468 e. The minimum Gasteiger partial charge on any atom is -0.468 e. The number of ether oxygens (including phenoxy) is 2. The number of esters is 2. The quantitative estimate of drug-likeness (QED) is 0.0658. The molecule has 1 fully saturated rings. The first-order valence-electron chi connectivity index (χ1n) is 13.0. The summed E-state index contributed by atoms with van der Waals surface area (Å²) in [5.74, 6) is -3.49. The Morgan fingerprint density at radius 2 is 1.76 bits per heavy atom. The molecule has 1 aliphatic heterocycles. The lowest BCUT2D eigenvalue weighted by Gasteiger charge is -2.40. The van der Waals surface area contributed by atoms with Crippen LogP contribution in [-0.4, -0.2) is 91.7 Å². The molecule has 0 aromatic carbocycles. The molecule has 0 aromatic rings. The van der Waals surface area contributed by atoms with Crippen molar-refractivity contribution in [2.75, 3.05) is 39.2 Å². The second kappa shape index (κ2) is 17.9. The number of nitrogens with one attached hydrogen (secondary N) is 3. The van der Waals surface area contributed by atoms with E-state index in [1.165, 1.54) is 14.0 Å². The Hall–Kier alpha value is -2.91. The van der Waals surface area contributed by atoms with Gasteiger partial charge in [-0.2, -0.15) is 0 Å². The lowest BCUT2D eigenvalue weighted by molar-refractivity contribution is -0.143. The van der Waals surface area contributed by atoms with E-state index in [0.717, 1.165) is 23.9 Å². The Balaban J connectivity index is 2.36. The molecule has 1 rings (SSSR count). The average molecular weight is 636 g/mol. The number of Topliss-reactive ketones (excluding diaryl/α,β-unsaturated/α-hetero) is 1. The van der Waals surface area contributed by atoms with Crippen LogP contribution in [0.25, 0.3) is 0 Å². The fourth-order valence-corrected chi connectivity index (χ4v) is 5.92. The number of methoxy groups -OCH3 is 1. The van der Waals surface area contributed by atoms with Gasteiger partial charge in [-0.1, -0.05) is 25.6 Å². The monoisotopic (exact) mass is 635 g/mol. The molecule has 0 bridgehead atoms. The number of hydrogen-bond donors (Lipinski definition) is 3. The molecule has 0 spiro atoms. The molecule has 1 heterocycles. The predicted molar refractivity (Wildman–Crippen MR) is 150 cm³/mol. The first-order valence-corrected chi connectivity index (χ1v) is 15.5. The van der Waals surface area contributed by atoms with Crippen molar-refractivity contribution >= 4 is 59.9 Å². The van der Waals surface area contributed by atoms with Crippen molar-refractivity contribution < 1.29 is 56.6 Å². The van der Waals surface area contributed by atoms with Crippen molar-refractivity contribution in [3.05, 3.63) is 12.2 Å². The summed E-state index contributed by atoms with van der Waals surface area (Å²) in [6.45, 7) is 6.45. The fourth-order valence-electron chi connectivity index (χ4n) is 3.29. The van der Waals surface area contributed by atoms with Crippen LogP contribution in [0, 0.1) is 5.41 Å².